The molecule has 1 aromatic heterocycles. The van der Waals surface area contributed by atoms with E-state index in [0.29, 0.717) is 12.5 Å². The Labute approximate surface area is 78.0 Å². The lowest BCUT2D eigenvalue weighted by molar-refractivity contribution is -0.132. The van der Waals surface area contributed by atoms with Crippen LogP contribution in [0, 0.1) is 0 Å². The number of hydrogen-bond acceptors (Lipinski definition) is 1. The Morgan fingerprint density at radius 1 is 1.38 bits per heavy atom. The van der Waals surface area contributed by atoms with Crippen LogP contribution in [0.15, 0.2) is 24.5 Å². The van der Waals surface area contributed by atoms with Gasteiger partial charge in [0.25, 0.3) is 0 Å². The number of likely N-dealkylation sites (N-methyl/N-ethyl adjacent to an activating group) is 1. The van der Waals surface area contributed by atoms with Gasteiger partial charge in [-0.15, -0.1) is 0 Å². The molecule has 0 radical (unpaired) electrons. The van der Waals surface area contributed by atoms with Gasteiger partial charge in [0.2, 0.25) is 5.91 Å². The Balaban J connectivity index is 2.07. The molecule has 1 aliphatic rings. The molecule has 0 spiro atoms. The maximum absolute atomic E-state index is 11.2. The third kappa shape index (κ3) is 1.59. The summed E-state index contributed by atoms with van der Waals surface area (Å²) in [4.78, 5) is 13.0. The Hall–Kier alpha value is -1.25. The molecule has 1 atom stereocenters. The first kappa shape index (κ1) is 8.35. The fraction of sp³-hybridized carbons (Fsp3) is 0.500. The zero-order valence-corrected chi connectivity index (χ0v) is 7.81. The summed E-state index contributed by atoms with van der Waals surface area (Å²) in [5.41, 5.74) is 0. The van der Waals surface area contributed by atoms with E-state index in [1.807, 2.05) is 24.1 Å². The zero-order valence-electron chi connectivity index (χ0n) is 7.81. The van der Waals surface area contributed by atoms with E-state index in [-0.39, 0.29) is 5.91 Å². The van der Waals surface area contributed by atoms with Crippen molar-refractivity contribution in [2.24, 2.45) is 0 Å². The first-order chi connectivity index (χ1) is 6.27. The Bertz CT molecular complexity index is 292. The molecule has 1 unspecified atom stereocenters. The maximum Gasteiger partial charge on any atom is 0.222 e. The first-order valence-corrected chi connectivity index (χ1v) is 4.64. The van der Waals surface area contributed by atoms with Crippen LogP contribution in [0.4, 0.5) is 0 Å². The van der Waals surface area contributed by atoms with Crippen LogP contribution in [0.25, 0.3) is 0 Å². The van der Waals surface area contributed by atoms with E-state index in [2.05, 4.69) is 17.0 Å². The van der Waals surface area contributed by atoms with Crippen LogP contribution >= 0.6 is 0 Å². The number of aromatic nitrogens is 1. The van der Waals surface area contributed by atoms with Crippen molar-refractivity contribution in [3.05, 3.63) is 24.5 Å². The van der Waals surface area contributed by atoms with Gasteiger partial charge in [-0.25, -0.2) is 0 Å². The largest absolute Gasteiger partial charge is 0.349 e. The van der Waals surface area contributed by atoms with Crippen molar-refractivity contribution in [1.29, 1.82) is 0 Å². The summed E-state index contributed by atoms with van der Waals surface area (Å²) in [5.74, 6) is 0.267. The second-order valence-electron chi connectivity index (χ2n) is 3.60. The quantitative estimate of drug-likeness (QED) is 0.636. The van der Waals surface area contributed by atoms with Crippen LogP contribution in [-0.2, 0) is 4.79 Å². The molecule has 1 aliphatic heterocycles. The molecule has 2 heterocycles. The average Bonchev–Trinajstić information content (AvgIpc) is 2.62. The van der Waals surface area contributed by atoms with Crippen molar-refractivity contribution in [2.45, 2.75) is 18.9 Å². The molecule has 3 heteroatoms. The minimum absolute atomic E-state index is 0.267. The SMILES string of the molecule is CN1CC(n2cccc2)CCC1=O. The summed E-state index contributed by atoms with van der Waals surface area (Å²) in [5, 5.41) is 0. The second-order valence-corrected chi connectivity index (χ2v) is 3.60. The standard InChI is InChI=1S/C10H14N2O/c1-11-8-9(4-5-10(11)13)12-6-2-3-7-12/h2-3,6-7,9H,4-5,8H2,1H3. The molecule has 0 aromatic carbocycles. The Morgan fingerprint density at radius 2 is 2.08 bits per heavy atom. The minimum Gasteiger partial charge on any atom is -0.349 e. The molecule has 1 saturated heterocycles. The fourth-order valence-corrected chi connectivity index (χ4v) is 1.82. The smallest absolute Gasteiger partial charge is 0.222 e. The molecular formula is C10H14N2O. The van der Waals surface area contributed by atoms with Crippen molar-refractivity contribution in [3.8, 4) is 0 Å². The van der Waals surface area contributed by atoms with Crippen LogP contribution in [0.3, 0.4) is 0 Å². The molecule has 1 amide bonds. The van der Waals surface area contributed by atoms with Crippen molar-refractivity contribution in [2.75, 3.05) is 13.6 Å². The van der Waals surface area contributed by atoms with Crippen molar-refractivity contribution in [3.63, 3.8) is 0 Å². The molecule has 2 rings (SSSR count). The molecule has 0 saturated carbocycles. The summed E-state index contributed by atoms with van der Waals surface area (Å²) < 4.78 is 2.18. The zero-order chi connectivity index (χ0) is 9.26. The van der Waals surface area contributed by atoms with Gasteiger partial charge in [0.1, 0.15) is 0 Å². The minimum atomic E-state index is 0.267. The third-order valence-electron chi connectivity index (χ3n) is 2.65. The number of piperidine rings is 1. The average molecular weight is 178 g/mol. The van der Waals surface area contributed by atoms with E-state index in [0.717, 1.165) is 13.0 Å². The number of hydrogen-bond donors (Lipinski definition) is 0. The lowest BCUT2D eigenvalue weighted by atomic mass is 10.1. The molecule has 70 valence electrons. The summed E-state index contributed by atoms with van der Waals surface area (Å²) in [7, 11) is 1.87. The van der Waals surface area contributed by atoms with Gasteiger partial charge in [-0.2, -0.15) is 0 Å². The molecule has 3 nitrogen and oxygen atoms in total. The summed E-state index contributed by atoms with van der Waals surface area (Å²) in [6.07, 6.45) is 5.78. The topological polar surface area (TPSA) is 25.2 Å². The monoisotopic (exact) mass is 178 g/mol. The van der Waals surface area contributed by atoms with Gasteiger partial charge in [0.15, 0.2) is 0 Å². The van der Waals surface area contributed by atoms with Crippen LogP contribution in [0.2, 0.25) is 0 Å². The second kappa shape index (κ2) is 3.24. The van der Waals surface area contributed by atoms with E-state index in [1.165, 1.54) is 0 Å². The lowest BCUT2D eigenvalue weighted by Crippen LogP contribution is -2.37. The normalized spacial score (nSPS) is 23.6. The highest BCUT2D eigenvalue weighted by atomic mass is 16.2. The van der Waals surface area contributed by atoms with Crippen LogP contribution in [0.1, 0.15) is 18.9 Å². The molecule has 1 aromatic rings. The number of carbonyl (C=O) groups excluding carboxylic acids is 1. The van der Waals surface area contributed by atoms with Gasteiger partial charge in [0.05, 0.1) is 6.04 Å². The van der Waals surface area contributed by atoms with Gasteiger partial charge in [-0.1, -0.05) is 0 Å². The van der Waals surface area contributed by atoms with E-state index in [4.69, 9.17) is 0 Å². The molecular weight excluding hydrogens is 164 g/mol. The summed E-state index contributed by atoms with van der Waals surface area (Å²) in [6.45, 7) is 0.841. The Morgan fingerprint density at radius 3 is 2.69 bits per heavy atom. The van der Waals surface area contributed by atoms with E-state index >= 15 is 0 Å². The predicted octanol–water partition coefficient (Wildman–Crippen LogP) is 1.28. The molecule has 0 N–H and O–H groups in total. The summed E-state index contributed by atoms with van der Waals surface area (Å²) in [6, 6.07) is 4.52. The van der Waals surface area contributed by atoms with Gasteiger partial charge < -0.3 is 9.47 Å². The molecule has 0 aliphatic carbocycles. The number of carbonyl (C=O) groups is 1. The first-order valence-electron chi connectivity index (χ1n) is 4.64. The lowest BCUT2D eigenvalue weighted by Gasteiger charge is -2.30. The van der Waals surface area contributed by atoms with Gasteiger partial charge in [-0.05, 0) is 18.6 Å². The number of amides is 1. The number of nitrogens with zero attached hydrogens (tertiary/aromatic N) is 2. The van der Waals surface area contributed by atoms with Gasteiger partial charge in [0, 0.05) is 32.4 Å². The van der Waals surface area contributed by atoms with Crippen molar-refractivity contribution in [1.82, 2.24) is 9.47 Å². The summed E-state index contributed by atoms with van der Waals surface area (Å²) >= 11 is 0. The molecule has 1 fully saturated rings. The molecule has 0 bridgehead atoms. The van der Waals surface area contributed by atoms with Crippen LogP contribution < -0.4 is 0 Å². The van der Waals surface area contributed by atoms with E-state index < -0.39 is 0 Å². The van der Waals surface area contributed by atoms with Crippen LogP contribution in [-0.4, -0.2) is 29.0 Å². The van der Waals surface area contributed by atoms with E-state index in [9.17, 15) is 4.79 Å². The molecule has 13 heavy (non-hydrogen) atoms. The van der Waals surface area contributed by atoms with Crippen LogP contribution in [0.5, 0.6) is 0 Å². The van der Waals surface area contributed by atoms with Gasteiger partial charge >= 0.3 is 0 Å². The highest BCUT2D eigenvalue weighted by Gasteiger charge is 2.22. The van der Waals surface area contributed by atoms with E-state index in [1.54, 1.807) is 0 Å². The fourth-order valence-electron chi connectivity index (χ4n) is 1.82. The highest BCUT2D eigenvalue weighted by molar-refractivity contribution is 5.76. The third-order valence-corrected chi connectivity index (χ3v) is 2.65. The highest BCUT2D eigenvalue weighted by Crippen LogP contribution is 2.20. The van der Waals surface area contributed by atoms with Crippen molar-refractivity contribution < 1.29 is 4.79 Å². The van der Waals surface area contributed by atoms with Crippen molar-refractivity contribution >= 4 is 5.91 Å². The van der Waals surface area contributed by atoms with Gasteiger partial charge in [-0.3, -0.25) is 4.79 Å². The maximum atomic E-state index is 11.2. The Kier molecular flexibility index (Phi) is 2.08. The number of likely N-dealkylation sites (tertiary alicyclic amines) is 1. The predicted molar refractivity (Wildman–Crippen MR) is 50.3 cm³/mol. The number of rotatable bonds is 1.